The number of hydrogen-bond donors (Lipinski definition) is 1. The molecule has 0 aliphatic carbocycles. The predicted molar refractivity (Wildman–Crippen MR) is 89.9 cm³/mol. The normalized spacial score (nSPS) is 15.0. The number of rotatable bonds is 5. The smallest absolute Gasteiger partial charge is 0.313 e. The van der Waals surface area contributed by atoms with Crippen molar-refractivity contribution in [1.82, 2.24) is 4.90 Å². The monoisotopic (exact) mass is 342 g/mol. The fourth-order valence-electron chi connectivity index (χ4n) is 2.44. The molecule has 0 atom stereocenters. The lowest BCUT2D eigenvalue weighted by molar-refractivity contribution is -0.133. The van der Waals surface area contributed by atoms with Gasteiger partial charge in [0.15, 0.2) is 0 Å². The molecule has 1 aliphatic rings. The van der Waals surface area contributed by atoms with Crippen molar-refractivity contribution in [2.45, 2.75) is 6.92 Å². The number of anilines is 1. The van der Waals surface area contributed by atoms with Gasteiger partial charge < -0.3 is 14.9 Å². The number of halogens is 1. The number of hydrogen-bond acceptors (Lipinski definition) is 4. The average Bonchev–Trinajstić information content (AvgIpc) is 2.49. The van der Waals surface area contributed by atoms with E-state index in [9.17, 15) is 9.59 Å². The summed E-state index contributed by atoms with van der Waals surface area (Å²) in [7, 11) is 0. The van der Waals surface area contributed by atoms with E-state index >= 15 is 0 Å². The zero-order valence-electron chi connectivity index (χ0n) is 12.4. The van der Waals surface area contributed by atoms with Crippen molar-refractivity contribution in [1.29, 1.82) is 0 Å². The fourth-order valence-corrected chi connectivity index (χ4v) is 3.24. The molecule has 5 nitrogen and oxygen atoms in total. The molecule has 1 aliphatic heterocycles. The Balaban J connectivity index is 1.86. The van der Waals surface area contributed by atoms with E-state index < -0.39 is 5.97 Å². The van der Waals surface area contributed by atoms with E-state index in [-0.39, 0.29) is 17.4 Å². The molecule has 0 radical (unpaired) electrons. The van der Waals surface area contributed by atoms with Crippen LogP contribution in [0.4, 0.5) is 5.69 Å². The molecule has 1 fully saturated rings. The van der Waals surface area contributed by atoms with Gasteiger partial charge in [0.1, 0.15) is 0 Å². The van der Waals surface area contributed by atoms with Gasteiger partial charge in [0.25, 0.3) is 0 Å². The van der Waals surface area contributed by atoms with Crippen molar-refractivity contribution in [3.63, 3.8) is 0 Å². The minimum atomic E-state index is -0.890. The molecule has 1 saturated heterocycles. The predicted octanol–water partition coefficient (Wildman–Crippen LogP) is 2.11. The Bertz CT molecular complexity index is 560. The summed E-state index contributed by atoms with van der Waals surface area (Å²) in [5.74, 6) is -0.691. The lowest BCUT2D eigenvalue weighted by atomic mass is 10.1. The van der Waals surface area contributed by atoms with E-state index in [1.807, 2.05) is 25.1 Å². The van der Waals surface area contributed by atoms with Crippen molar-refractivity contribution in [3.05, 3.63) is 28.8 Å². The lowest BCUT2D eigenvalue weighted by Gasteiger charge is -2.36. The molecule has 1 aromatic rings. The van der Waals surface area contributed by atoms with Crippen LogP contribution < -0.4 is 4.90 Å². The highest BCUT2D eigenvalue weighted by atomic mass is 35.5. The van der Waals surface area contributed by atoms with E-state index in [2.05, 4.69) is 4.90 Å². The molecule has 0 spiro atoms. The van der Waals surface area contributed by atoms with Crippen LogP contribution in [0.25, 0.3) is 0 Å². The van der Waals surface area contributed by atoms with E-state index in [1.54, 1.807) is 4.90 Å². The first-order valence-electron chi connectivity index (χ1n) is 7.06. The molecule has 1 N–H and O–H groups in total. The first-order valence-corrected chi connectivity index (χ1v) is 8.59. The number of nitrogens with zero attached hydrogens (tertiary/aromatic N) is 2. The highest BCUT2D eigenvalue weighted by Crippen LogP contribution is 2.25. The van der Waals surface area contributed by atoms with Crippen molar-refractivity contribution in [2.75, 3.05) is 42.6 Å². The Morgan fingerprint density at radius 2 is 1.91 bits per heavy atom. The first-order chi connectivity index (χ1) is 10.5. The number of carbonyl (C=O) groups is 2. The molecule has 0 unspecified atom stereocenters. The van der Waals surface area contributed by atoms with Gasteiger partial charge in [-0.15, -0.1) is 11.8 Å². The SMILES string of the molecule is Cc1ccc(Cl)cc1N1CCN(C(=O)CSCC(=O)O)CC1. The maximum atomic E-state index is 12.0. The van der Waals surface area contributed by atoms with Crippen molar-refractivity contribution >= 4 is 40.9 Å². The van der Waals surface area contributed by atoms with Crippen LogP contribution in [0.1, 0.15) is 5.56 Å². The quantitative estimate of drug-likeness (QED) is 0.888. The number of amides is 1. The molecule has 7 heteroatoms. The average molecular weight is 343 g/mol. The maximum Gasteiger partial charge on any atom is 0.313 e. The summed E-state index contributed by atoms with van der Waals surface area (Å²) in [5.41, 5.74) is 2.28. The Labute approximate surface area is 139 Å². The van der Waals surface area contributed by atoms with Crippen LogP contribution >= 0.6 is 23.4 Å². The third-order valence-electron chi connectivity index (χ3n) is 3.60. The van der Waals surface area contributed by atoms with Crippen LogP contribution in [0, 0.1) is 6.92 Å². The summed E-state index contributed by atoms with van der Waals surface area (Å²) in [4.78, 5) is 26.5. The third-order valence-corrected chi connectivity index (χ3v) is 4.73. The maximum absolute atomic E-state index is 12.0. The van der Waals surface area contributed by atoms with Gasteiger partial charge in [0.2, 0.25) is 5.91 Å². The van der Waals surface area contributed by atoms with Crippen LogP contribution in [0.15, 0.2) is 18.2 Å². The summed E-state index contributed by atoms with van der Waals surface area (Å²) in [5, 5.41) is 9.29. The van der Waals surface area contributed by atoms with Gasteiger partial charge in [-0.2, -0.15) is 0 Å². The first kappa shape index (κ1) is 17.0. The van der Waals surface area contributed by atoms with E-state index in [4.69, 9.17) is 16.7 Å². The van der Waals surface area contributed by atoms with Crippen LogP contribution in [0.3, 0.4) is 0 Å². The van der Waals surface area contributed by atoms with Gasteiger partial charge in [-0.1, -0.05) is 17.7 Å². The summed E-state index contributed by atoms with van der Waals surface area (Å²) in [6, 6.07) is 5.83. The number of aliphatic carboxylic acids is 1. The molecule has 1 aromatic carbocycles. The largest absolute Gasteiger partial charge is 0.481 e. The summed E-state index contributed by atoms with van der Waals surface area (Å²) >= 11 is 7.20. The summed E-state index contributed by atoms with van der Waals surface area (Å²) < 4.78 is 0. The van der Waals surface area contributed by atoms with Gasteiger partial charge >= 0.3 is 5.97 Å². The minimum Gasteiger partial charge on any atom is -0.481 e. The minimum absolute atomic E-state index is 0.00807. The van der Waals surface area contributed by atoms with E-state index in [0.29, 0.717) is 18.1 Å². The second kappa shape index (κ2) is 7.74. The number of benzene rings is 1. The second-order valence-corrected chi connectivity index (χ2v) is 6.61. The van der Waals surface area contributed by atoms with Crippen LogP contribution in [-0.2, 0) is 9.59 Å². The molecule has 0 aromatic heterocycles. The van der Waals surface area contributed by atoms with Gasteiger partial charge in [-0.05, 0) is 24.6 Å². The Kier molecular flexibility index (Phi) is 5.97. The number of carboxylic acid groups (broad SMARTS) is 1. The molecule has 1 heterocycles. The fraction of sp³-hybridized carbons (Fsp3) is 0.467. The van der Waals surface area contributed by atoms with E-state index in [0.717, 1.165) is 30.5 Å². The van der Waals surface area contributed by atoms with Crippen LogP contribution in [-0.4, -0.2) is 59.6 Å². The highest BCUT2D eigenvalue weighted by molar-refractivity contribution is 8.00. The molecule has 2 rings (SSSR count). The molecular formula is C15H19ClN2O3S. The number of thioether (sulfide) groups is 1. The molecule has 120 valence electrons. The summed E-state index contributed by atoms with van der Waals surface area (Å²) in [6.45, 7) is 4.87. The Morgan fingerprint density at radius 3 is 2.55 bits per heavy atom. The Hall–Kier alpha value is -1.40. The zero-order valence-corrected chi connectivity index (χ0v) is 14.0. The molecule has 0 saturated carbocycles. The van der Waals surface area contributed by atoms with Crippen LogP contribution in [0.5, 0.6) is 0 Å². The standard InChI is InChI=1S/C15H19ClN2O3S/c1-11-2-3-12(16)8-13(11)17-4-6-18(7-5-17)14(19)9-22-10-15(20)21/h2-3,8H,4-7,9-10H2,1H3,(H,20,21). The molecule has 22 heavy (non-hydrogen) atoms. The molecule has 0 bridgehead atoms. The lowest BCUT2D eigenvalue weighted by Crippen LogP contribution is -2.49. The number of carbonyl (C=O) groups excluding carboxylic acids is 1. The highest BCUT2D eigenvalue weighted by Gasteiger charge is 2.22. The van der Waals surface area contributed by atoms with Gasteiger partial charge in [-0.25, -0.2) is 0 Å². The third kappa shape index (κ3) is 4.55. The summed E-state index contributed by atoms with van der Waals surface area (Å²) in [6.07, 6.45) is 0. The van der Waals surface area contributed by atoms with Gasteiger partial charge in [-0.3, -0.25) is 9.59 Å². The molecule has 1 amide bonds. The molecular weight excluding hydrogens is 324 g/mol. The second-order valence-electron chi connectivity index (χ2n) is 5.19. The van der Waals surface area contributed by atoms with Gasteiger partial charge in [0, 0.05) is 36.9 Å². The van der Waals surface area contributed by atoms with Crippen molar-refractivity contribution < 1.29 is 14.7 Å². The van der Waals surface area contributed by atoms with E-state index in [1.165, 1.54) is 5.56 Å². The number of piperazine rings is 1. The topological polar surface area (TPSA) is 60.9 Å². The van der Waals surface area contributed by atoms with Crippen LogP contribution in [0.2, 0.25) is 5.02 Å². The zero-order chi connectivity index (χ0) is 16.1. The number of carboxylic acids is 1. The number of aryl methyl sites for hydroxylation is 1. The van der Waals surface area contributed by atoms with Gasteiger partial charge in [0.05, 0.1) is 11.5 Å². The van der Waals surface area contributed by atoms with Crippen molar-refractivity contribution in [3.8, 4) is 0 Å². The Morgan fingerprint density at radius 1 is 1.23 bits per heavy atom. The van der Waals surface area contributed by atoms with Crippen molar-refractivity contribution in [2.24, 2.45) is 0 Å².